The number of hydrogen-bond donors (Lipinski definition) is 1. The second kappa shape index (κ2) is 7.62. The molecule has 0 heterocycles. The zero-order valence-electron chi connectivity index (χ0n) is 12.4. The van der Waals surface area contributed by atoms with Gasteiger partial charge in [-0.3, -0.25) is 0 Å². The fourth-order valence-electron chi connectivity index (χ4n) is 2.34. The number of para-hydroxylation sites is 1. The zero-order valence-corrected chi connectivity index (χ0v) is 14.0. The van der Waals surface area contributed by atoms with Gasteiger partial charge in [0.25, 0.3) is 0 Å². The molecular formula is C18H22BrNO. The van der Waals surface area contributed by atoms with E-state index < -0.39 is 5.54 Å². The van der Waals surface area contributed by atoms with Crippen LogP contribution in [0.3, 0.4) is 0 Å². The van der Waals surface area contributed by atoms with E-state index in [-0.39, 0.29) is 0 Å². The summed E-state index contributed by atoms with van der Waals surface area (Å²) in [6.07, 6.45) is 2.15. The van der Waals surface area contributed by atoms with E-state index in [1.807, 2.05) is 49.4 Å². The number of rotatable bonds is 7. The van der Waals surface area contributed by atoms with Gasteiger partial charge in [-0.2, -0.15) is 0 Å². The number of nitrogens with two attached hydrogens (primary N) is 1. The minimum Gasteiger partial charge on any atom is -0.493 e. The first kappa shape index (κ1) is 16.1. The highest BCUT2D eigenvalue weighted by Crippen LogP contribution is 2.33. The SMILES string of the molecule is CC(N)(c1ccccc1)c1ccccc1OCCCCBr. The molecule has 1 unspecified atom stereocenters. The Balaban J connectivity index is 2.22. The van der Waals surface area contributed by atoms with Gasteiger partial charge in [-0.15, -0.1) is 0 Å². The van der Waals surface area contributed by atoms with Crippen molar-refractivity contribution in [2.24, 2.45) is 5.73 Å². The van der Waals surface area contributed by atoms with Gasteiger partial charge in [-0.25, -0.2) is 0 Å². The normalized spacial score (nSPS) is 13.7. The van der Waals surface area contributed by atoms with Crippen molar-refractivity contribution in [3.63, 3.8) is 0 Å². The molecule has 2 aromatic rings. The largest absolute Gasteiger partial charge is 0.493 e. The highest BCUT2D eigenvalue weighted by Gasteiger charge is 2.26. The van der Waals surface area contributed by atoms with Crippen LogP contribution in [0.25, 0.3) is 0 Å². The van der Waals surface area contributed by atoms with Crippen molar-refractivity contribution >= 4 is 15.9 Å². The Kier molecular flexibility index (Phi) is 5.83. The monoisotopic (exact) mass is 347 g/mol. The topological polar surface area (TPSA) is 35.2 Å². The lowest BCUT2D eigenvalue weighted by molar-refractivity contribution is 0.302. The first-order valence-electron chi connectivity index (χ1n) is 7.29. The van der Waals surface area contributed by atoms with E-state index in [0.29, 0.717) is 6.61 Å². The van der Waals surface area contributed by atoms with E-state index in [1.165, 1.54) is 0 Å². The lowest BCUT2D eigenvalue weighted by atomic mass is 9.85. The highest BCUT2D eigenvalue weighted by atomic mass is 79.9. The Morgan fingerprint density at radius 1 is 1.00 bits per heavy atom. The van der Waals surface area contributed by atoms with Crippen LogP contribution >= 0.6 is 15.9 Å². The minimum atomic E-state index is -0.562. The predicted molar refractivity (Wildman–Crippen MR) is 92.0 cm³/mol. The number of alkyl halides is 1. The Bertz CT molecular complexity index is 554. The number of benzene rings is 2. The summed E-state index contributed by atoms with van der Waals surface area (Å²) in [7, 11) is 0. The van der Waals surface area contributed by atoms with Crippen LogP contribution in [0, 0.1) is 0 Å². The molecule has 2 N–H and O–H groups in total. The second-order valence-corrected chi connectivity index (χ2v) is 6.10. The van der Waals surface area contributed by atoms with Crippen molar-refractivity contribution < 1.29 is 4.74 Å². The number of ether oxygens (including phenoxy) is 1. The van der Waals surface area contributed by atoms with E-state index in [1.54, 1.807) is 0 Å². The zero-order chi connectivity index (χ0) is 15.1. The molecular weight excluding hydrogens is 326 g/mol. The quantitative estimate of drug-likeness (QED) is 0.592. The van der Waals surface area contributed by atoms with Crippen LogP contribution in [0.1, 0.15) is 30.9 Å². The fraction of sp³-hybridized carbons (Fsp3) is 0.333. The average Bonchev–Trinajstić information content (AvgIpc) is 2.53. The van der Waals surface area contributed by atoms with E-state index in [4.69, 9.17) is 10.5 Å². The molecule has 21 heavy (non-hydrogen) atoms. The van der Waals surface area contributed by atoms with Gasteiger partial charge < -0.3 is 10.5 Å². The van der Waals surface area contributed by atoms with Gasteiger partial charge in [-0.05, 0) is 31.4 Å². The van der Waals surface area contributed by atoms with Crippen LogP contribution in [0.5, 0.6) is 5.75 Å². The first-order chi connectivity index (χ1) is 10.2. The second-order valence-electron chi connectivity index (χ2n) is 5.31. The third-order valence-corrected chi connectivity index (χ3v) is 4.17. The molecule has 2 aromatic carbocycles. The summed E-state index contributed by atoms with van der Waals surface area (Å²) in [6.45, 7) is 2.75. The van der Waals surface area contributed by atoms with Crippen LogP contribution in [-0.2, 0) is 5.54 Å². The molecule has 0 saturated heterocycles. The Morgan fingerprint density at radius 3 is 2.38 bits per heavy atom. The van der Waals surface area contributed by atoms with E-state index in [9.17, 15) is 0 Å². The summed E-state index contributed by atoms with van der Waals surface area (Å²) in [4.78, 5) is 0. The molecule has 0 spiro atoms. The summed E-state index contributed by atoms with van der Waals surface area (Å²) >= 11 is 3.44. The first-order valence-corrected chi connectivity index (χ1v) is 8.41. The maximum atomic E-state index is 6.60. The van der Waals surface area contributed by atoms with Crippen LogP contribution in [0.2, 0.25) is 0 Å². The van der Waals surface area contributed by atoms with Gasteiger partial charge in [-0.1, -0.05) is 64.5 Å². The van der Waals surface area contributed by atoms with E-state index in [2.05, 4.69) is 28.1 Å². The smallest absolute Gasteiger partial charge is 0.124 e. The van der Waals surface area contributed by atoms with Crippen LogP contribution in [0.15, 0.2) is 54.6 Å². The van der Waals surface area contributed by atoms with Crippen LogP contribution < -0.4 is 10.5 Å². The standard InChI is InChI=1S/C18H22BrNO/c1-18(20,15-9-3-2-4-10-15)16-11-5-6-12-17(16)21-14-8-7-13-19/h2-6,9-12H,7-8,13-14,20H2,1H3. The molecule has 0 amide bonds. The van der Waals surface area contributed by atoms with Crippen molar-refractivity contribution in [1.29, 1.82) is 0 Å². The molecule has 0 fully saturated rings. The molecule has 0 saturated carbocycles. The maximum absolute atomic E-state index is 6.60. The van der Waals surface area contributed by atoms with Gasteiger partial charge in [0, 0.05) is 10.9 Å². The molecule has 0 aliphatic carbocycles. The van der Waals surface area contributed by atoms with E-state index in [0.717, 1.165) is 35.0 Å². The molecule has 112 valence electrons. The average molecular weight is 348 g/mol. The lowest BCUT2D eigenvalue weighted by Crippen LogP contribution is -2.34. The Morgan fingerprint density at radius 2 is 1.67 bits per heavy atom. The van der Waals surface area contributed by atoms with Crippen LogP contribution in [0.4, 0.5) is 0 Å². The summed E-state index contributed by atoms with van der Waals surface area (Å²) in [5.41, 5.74) is 8.15. The van der Waals surface area contributed by atoms with Crippen molar-refractivity contribution in [3.8, 4) is 5.75 Å². The van der Waals surface area contributed by atoms with Crippen molar-refractivity contribution in [1.82, 2.24) is 0 Å². The third kappa shape index (κ3) is 4.08. The number of hydrogen-bond acceptors (Lipinski definition) is 2. The lowest BCUT2D eigenvalue weighted by Gasteiger charge is -2.28. The summed E-state index contributed by atoms with van der Waals surface area (Å²) < 4.78 is 5.95. The van der Waals surface area contributed by atoms with E-state index >= 15 is 0 Å². The van der Waals surface area contributed by atoms with Gasteiger partial charge in [0.2, 0.25) is 0 Å². The molecule has 0 aliphatic heterocycles. The predicted octanol–water partition coefficient (Wildman–Crippen LogP) is 4.46. The summed E-state index contributed by atoms with van der Waals surface area (Å²) in [6, 6.07) is 18.2. The molecule has 3 heteroatoms. The van der Waals surface area contributed by atoms with Gasteiger partial charge >= 0.3 is 0 Å². The molecule has 0 aliphatic rings. The highest BCUT2D eigenvalue weighted by molar-refractivity contribution is 9.09. The third-order valence-electron chi connectivity index (χ3n) is 3.61. The molecule has 1 atom stereocenters. The van der Waals surface area contributed by atoms with Crippen LogP contribution in [-0.4, -0.2) is 11.9 Å². The Hall–Kier alpha value is -1.32. The fourth-order valence-corrected chi connectivity index (χ4v) is 2.74. The molecule has 0 bridgehead atoms. The molecule has 2 nitrogen and oxygen atoms in total. The minimum absolute atomic E-state index is 0.562. The Labute approximate surface area is 135 Å². The van der Waals surface area contributed by atoms with Crippen molar-refractivity contribution in [3.05, 3.63) is 65.7 Å². The summed E-state index contributed by atoms with van der Waals surface area (Å²) in [5, 5.41) is 1.01. The van der Waals surface area contributed by atoms with Crippen molar-refractivity contribution in [2.45, 2.75) is 25.3 Å². The number of unbranched alkanes of at least 4 members (excludes halogenated alkanes) is 1. The van der Waals surface area contributed by atoms with Gasteiger partial charge in [0.1, 0.15) is 5.75 Å². The molecule has 2 rings (SSSR count). The van der Waals surface area contributed by atoms with Gasteiger partial charge in [0.15, 0.2) is 0 Å². The molecule has 0 radical (unpaired) electrons. The maximum Gasteiger partial charge on any atom is 0.124 e. The van der Waals surface area contributed by atoms with Crippen molar-refractivity contribution in [2.75, 3.05) is 11.9 Å². The number of halogens is 1. The summed E-state index contributed by atoms with van der Waals surface area (Å²) in [5.74, 6) is 0.876. The van der Waals surface area contributed by atoms with Gasteiger partial charge in [0.05, 0.1) is 12.1 Å². The molecule has 0 aromatic heterocycles.